The van der Waals surface area contributed by atoms with Crippen molar-refractivity contribution in [2.75, 3.05) is 37.2 Å². The number of oxazole rings is 1. The predicted molar refractivity (Wildman–Crippen MR) is 115 cm³/mol. The zero-order valence-corrected chi connectivity index (χ0v) is 18.8. The molecule has 1 fully saturated rings. The number of anilines is 1. The van der Waals surface area contributed by atoms with Gasteiger partial charge in [-0.2, -0.15) is 23.0 Å². The minimum absolute atomic E-state index is 0.0624. The van der Waals surface area contributed by atoms with Crippen LogP contribution in [0.5, 0.6) is 0 Å². The van der Waals surface area contributed by atoms with E-state index in [0.29, 0.717) is 13.1 Å². The Bertz CT molecular complexity index is 1270. The molecule has 0 atom stereocenters. The molecule has 3 heterocycles. The Balaban J connectivity index is 1.41. The van der Waals surface area contributed by atoms with Crippen LogP contribution in [-0.4, -0.2) is 71.4 Å². The lowest BCUT2D eigenvalue weighted by atomic mass is 10.0. The molecular weight excluding hydrogens is 477 g/mol. The first-order valence-electron chi connectivity index (χ1n) is 10.1. The van der Waals surface area contributed by atoms with Gasteiger partial charge >= 0.3 is 12.2 Å². The number of aromatic nitrogens is 3. The lowest BCUT2D eigenvalue weighted by Crippen LogP contribution is -2.49. The van der Waals surface area contributed by atoms with Crippen molar-refractivity contribution < 1.29 is 30.8 Å². The first-order valence-corrected chi connectivity index (χ1v) is 12.0. The summed E-state index contributed by atoms with van der Waals surface area (Å²) in [6.07, 6.45) is 1.58. The highest BCUT2D eigenvalue weighted by Crippen LogP contribution is 2.35. The average Bonchev–Trinajstić information content (AvgIpc) is 3.45. The monoisotopic (exact) mass is 498 g/mol. The van der Waals surface area contributed by atoms with E-state index >= 15 is 0 Å². The number of alkyl halides is 3. The number of piperazine rings is 1. The maximum atomic E-state index is 13.7. The molecule has 4 rings (SSSR count). The van der Waals surface area contributed by atoms with Gasteiger partial charge in [0.1, 0.15) is 6.26 Å². The minimum Gasteiger partial charge on any atom is -0.445 e. The molecule has 0 saturated carbocycles. The number of rotatable bonds is 5. The number of carbonyl (C=O) groups is 1. The Labute approximate surface area is 193 Å². The van der Waals surface area contributed by atoms with E-state index in [4.69, 9.17) is 4.42 Å². The molecule has 10 nitrogen and oxygen atoms in total. The van der Waals surface area contributed by atoms with Gasteiger partial charge in [-0.3, -0.25) is 9.62 Å². The van der Waals surface area contributed by atoms with Crippen LogP contribution in [0.1, 0.15) is 11.1 Å². The van der Waals surface area contributed by atoms with Gasteiger partial charge in [0.2, 0.25) is 15.9 Å². The Morgan fingerprint density at radius 3 is 2.56 bits per heavy atom. The molecule has 0 unspecified atom stereocenters. The fourth-order valence-corrected chi connectivity index (χ4v) is 4.19. The van der Waals surface area contributed by atoms with E-state index < -0.39 is 27.8 Å². The summed E-state index contributed by atoms with van der Waals surface area (Å²) in [6.45, 7) is 1.35. The highest BCUT2D eigenvalue weighted by atomic mass is 32.2. The highest BCUT2D eigenvalue weighted by molar-refractivity contribution is 7.92. The Hall–Kier alpha value is -3.39. The first-order chi connectivity index (χ1) is 16.0. The molecule has 2 aromatic heterocycles. The van der Waals surface area contributed by atoms with E-state index in [1.165, 1.54) is 41.9 Å². The van der Waals surface area contributed by atoms with Crippen LogP contribution in [0.25, 0.3) is 11.5 Å². The van der Waals surface area contributed by atoms with Gasteiger partial charge < -0.3 is 9.32 Å². The van der Waals surface area contributed by atoms with Crippen LogP contribution in [0, 0.1) is 0 Å². The van der Waals surface area contributed by atoms with Crippen LogP contribution in [0.15, 0.2) is 47.5 Å². The second-order valence-electron chi connectivity index (χ2n) is 7.80. The van der Waals surface area contributed by atoms with E-state index in [9.17, 15) is 26.4 Å². The van der Waals surface area contributed by atoms with Gasteiger partial charge in [0.25, 0.3) is 0 Å². The smallest absolute Gasteiger partial charge is 0.416 e. The summed E-state index contributed by atoms with van der Waals surface area (Å²) in [5, 5.41) is 3.88. The summed E-state index contributed by atoms with van der Waals surface area (Å²) in [4.78, 5) is 19.9. The third-order valence-electron chi connectivity index (χ3n) is 5.21. The highest BCUT2D eigenvalue weighted by Gasteiger charge is 2.35. The summed E-state index contributed by atoms with van der Waals surface area (Å²) in [5.41, 5.74) is -0.252. The number of benzene rings is 1. The van der Waals surface area contributed by atoms with Gasteiger partial charge in [-0.15, -0.1) is 0 Å². The summed E-state index contributed by atoms with van der Waals surface area (Å²) < 4.78 is 72.1. The van der Waals surface area contributed by atoms with Crippen LogP contribution in [0.3, 0.4) is 0 Å². The van der Waals surface area contributed by atoms with Crippen molar-refractivity contribution in [3.05, 3.63) is 54.2 Å². The van der Waals surface area contributed by atoms with Crippen LogP contribution >= 0.6 is 0 Å². The zero-order valence-electron chi connectivity index (χ0n) is 18.0. The molecule has 0 aliphatic carbocycles. The van der Waals surface area contributed by atoms with Crippen LogP contribution < -0.4 is 4.72 Å². The minimum atomic E-state index is -4.55. The molecule has 0 radical (unpaired) electrons. The molecule has 1 aliphatic rings. The number of sulfonamides is 1. The van der Waals surface area contributed by atoms with E-state index in [0.717, 1.165) is 17.0 Å². The van der Waals surface area contributed by atoms with Crippen molar-refractivity contribution in [3.63, 3.8) is 0 Å². The maximum Gasteiger partial charge on any atom is 0.416 e. The van der Waals surface area contributed by atoms with Crippen LogP contribution in [0.2, 0.25) is 0 Å². The lowest BCUT2D eigenvalue weighted by molar-refractivity contribution is -0.138. The molecule has 1 amide bonds. The Kier molecular flexibility index (Phi) is 6.36. The van der Waals surface area contributed by atoms with E-state index in [1.54, 1.807) is 0 Å². The largest absolute Gasteiger partial charge is 0.445 e. The van der Waals surface area contributed by atoms with Gasteiger partial charge in [-0.05, 0) is 17.7 Å². The van der Waals surface area contributed by atoms with Crippen LogP contribution in [0.4, 0.5) is 23.7 Å². The fraction of sp³-hybridized carbons (Fsp3) is 0.350. The number of hydrogen-bond donors (Lipinski definition) is 1. The number of nitrogens with one attached hydrogen (secondary N) is 1. The number of hydrogen-bond acceptors (Lipinski definition) is 7. The molecule has 14 heteroatoms. The molecule has 0 spiro atoms. The molecule has 1 saturated heterocycles. The first kappa shape index (κ1) is 23.8. The number of amides is 1. The van der Waals surface area contributed by atoms with Gasteiger partial charge in [0.15, 0.2) is 0 Å². The summed E-state index contributed by atoms with van der Waals surface area (Å²) >= 11 is 0. The standard InChI is InChI=1S/C20H21F3N6O4S/c1-34(31,32)26-16-11-25-29(13-16)19(30)28-7-5-27(6-8-28)12-15-3-2-14(18-24-4-9-33-18)10-17(15)20(21,22)23/h2-4,9-11,13,26H,5-8,12H2,1H3. The SMILES string of the molecule is CS(=O)(=O)Nc1cnn(C(=O)N2CCN(Cc3ccc(-c4ncco4)cc3C(F)(F)F)CC2)c1. The number of nitrogens with zero attached hydrogens (tertiary/aromatic N) is 5. The van der Waals surface area contributed by atoms with Gasteiger partial charge in [-0.1, -0.05) is 6.07 Å². The fourth-order valence-electron chi connectivity index (χ4n) is 3.65. The lowest BCUT2D eigenvalue weighted by Gasteiger charge is -2.34. The molecule has 3 aromatic rings. The normalized spacial score (nSPS) is 15.5. The summed E-state index contributed by atoms with van der Waals surface area (Å²) in [6, 6.07) is 3.53. The number of carbonyl (C=O) groups excluding carboxylic acids is 1. The third kappa shape index (κ3) is 5.56. The topological polar surface area (TPSA) is 114 Å². The van der Waals surface area contributed by atoms with Crippen molar-refractivity contribution in [3.8, 4) is 11.5 Å². The van der Waals surface area contributed by atoms with E-state index in [2.05, 4.69) is 14.8 Å². The molecule has 1 aliphatic heterocycles. The second-order valence-corrected chi connectivity index (χ2v) is 9.55. The van der Waals surface area contributed by atoms with Crippen LogP contribution in [-0.2, 0) is 22.7 Å². The second kappa shape index (κ2) is 9.10. The van der Waals surface area contributed by atoms with Gasteiger partial charge in [0, 0.05) is 38.3 Å². The zero-order chi connectivity index (χ0) is 24.5. The molecular formula is C20H21F3N6O4S. The summed E-state index contributed by atoms with van der Waals surface area (Å²) in [7, 11) is -3.50. The van der Waals surface area contributed by atoms with Crippen molar-refractivity contribution in [1.29, 1.82) is 0 Å². The average molecular weight is 498 g/mol. The quantitative estimate of drug-likeness (QED) is 0.575. The predicted octanol–water partition coefficient (Wildman–Crippen LogP) is 2.71. The Morgan fingerprint density at radius 1 is 1.21 bits per heavy atom. The molecule has 1 N–H and O–H groups in total. The van der Waals surface area contributed by atoms with E-state index in [1.807, 2.05) is 4.90 Å². The van der Waals surface area contributed by atoms with Crippen molar-refractivity contribution >= 4 is 21.7 Å². The van der Waals surface area contributed by atoms with Gasteiger partial charge in [-0.25, -0.2) is 18.2 Å². The molecule has 34 heavy (non-hydrogen) atoms. The van der Waals surface area contributed by atoms with Crippen molar-refractivity contribution in [2.24, 2.45) is 0 Å². The molecule has 182 valence electrons. The van der Waals surface area contributed by atoms with E-state index in [-0.39, 0.29) is 42.3 Å². The molecule has 1 aromatic carbocycles. The van der Waals surface area contributed by atoms with Crippen molar-refractivity contribution in [2.45, 2.75) is 12.7 Å². The summed E-state index contributed by atoms with van der Waals surface area (Å²) in [5.74, 6) is 0.109. The maximum absolute atomic E-state index is 13.7. The third-order valence-corrected chi connectivity index (χ3v) is 5.82. The van der Waals surface area contributed by atoms with Gasteiger partial charge in [0.05, 0.1) is 36.1 Å². The molecule has 0 bridgehead atoms. The number of halogens is 3. The Morgan fingerprint density at radius 2 is 1.94 bits per heavy atom. The van der Waals surface area contributed by atoms with Crippen molar-refractivity contribution in [1.82, 2.24) is 24.6 Å².